The molecule has 94 valence electrons. The molecule has 0 aliphatic rings. The van der Waals surface area contributed by atoms with Crippen molar-refractivity contribution < 1.29 is 4.74 Å². The largest absolute Gasteiger partial charge is 0.385 e. The number of imidazole rings is 1. The number of aromatic nitrogens is 4. The molecule has 0 aromatic carbocycles. The van der Waals surface area contributed by atoms with Gasteiger partial charge in [0.15, 0.2) is 5.65 Å². The molecule has 2 rings (SSSR count). The quantitative estimate of drug-likeness (QED) is 0.793. The summed E-state index contributed by atoms with van der Waals surface area (Å²) in [5.41, 5.74) is 8.79. The van der Waals surface area contributed by atoms with E-state index in [1.165, 1.54) is 0 Å². The van der Waals surface area contributed by atoms with Gasteiger partial charge in [0.25, 0.3) is 0 Å². The first kappa shape index (κ1) is 11.9. The molecule has 0 saturated heterocycles. The summed E-state index contributed by atoms with van der Waals surface area (Å²) in [5, 5.41) is 4.44. The fourth-order valence-corrected chi connectivity index (χ4v) is 2.05. The van der Waals surface area contributed by atoms with Gasteiger partial charge in [0, 0.05) is 26.8 Å². The Balaban J connectivity index is 2.41. The third-order valence-corrected chi connectivity index (χ3v) is 2.86. The van der Waals surface area contributed by atoms with Gasteiger partial charge in [-0.25, -0.2) is 9.67 Å². The summed E-state index contributed by atoms with van der Waals surface area (Å²) >= 11 is 0. The predicted molar refractivity (Wildman–Crippen MR) is 66.8 cm³/mol. The van der Waals surface area contributed by atoms with Gasteiger partial charge in [0.05, 0.1) is 5.69 Å². The molecule has 6 nitrogen and oxygen atoms in total. The van der Waals surface area contributed by atoms with Gasteiger partial charge < -0.3 is 10.5 Å². The third kappa shape index (κ3) is 2.00. The number of rotatable bonds is 5. The highest BCUT2D eigenvalue weighted by molar-refractivity contribution is 5.77. The number of fused-ring (bicyclic) bond motifs is 1. The van der Waals surface area contributed by atoms with Crippen molar-refractivity contribution in [2.24, 2.45) is 0 Å². The van der Waals surface area contributed by atoms with E-state index in [2.05, 4.69) is 17.0 Å². The number of nitrogen functional groups attached to an aromatic ring is 1. The maximum atomic E-state index is 5.94. The minimum atomic E-state index is 0.554. The van der Waals surface area contributed by atoms with E-state index < -0.39 is 0 Å². The topological polar surface area (TPSA) is 70.9 Å². The van der Waals surface area contributed by atoms with E-state index in [1.807, 2.05) is 16.2 Å². The van der Waals surface area contributed by atoms with Crippen molar-refractivity contribution in [3.05, 3.63) is 5.69 Å². The van der Waals surface area contributed by atoms with Gasteiger partial charge in [-0.1, -0.05) is 0 Å². The molecular formula is C11H19N5O. The van der Waals surface area contributed by atoms with Crippen LogP contribution in [0.2, 0.25) is 0 Å². The Kier molecular flexibility index (Phi) is 3.33. The van der Waals surface area contributed by atoms with E-state index in [9.17, 15) is 0 Å². The minimum Gasteiger partial charge on any atom is -0.385 e. The van der Waals surface area contributed by atoms with Crippen LogP contribution in [0, 0.1) is 6.92 Å². The molecule has 2 heterocycles. The summed E-state index contributed by atoms with van der Waals surface area (Å²) in [4.78, 5) is 4.38. The van der Waals surface area contributed by atoms with Crippen molar-refractivity contribution >= 4 is 17.1 Å². The molecule has 2 aromatic rings. The molecule has 0 unspecified atom stereocenters. The Morgan fingerprint density at radius 3 is 2.82 bits per heavy atom. The van der Waals surface area contributed by atoms with E-state index in [4.69, 9.17) is 10.5 Å². The van der Waals surface area contributed by atoms with Crippen molar-refractivity contribution in [1.82, 2.24) is 19.3 Å². The summed E-state index contributed by atoms with van der Waals surface area (Å²) in [6, 6.07) is 0. The molecule has 2 aromatic heterocycles. The molecule has 0 aliphatic heterocycles. The summed E-state index contributed by atoms with van der Waals surface area (Å²) in [5.74, 6) is 0.554. The molecule has 0 aliphatic carbocycles. The minimum absolute atomic E-state index is 0.554. The van der Waals surface area contributed by atoms with Crippen molar-refractivity contribution in [3.8, 4) is 0 Å². The highest BCUT2D eigenvalue weighted by Gasteiger charge is 2.15. The number of hydrogen-bond acceptors (Lipinski definition) is 4. The Bertz CT molecular complexity index is 513. The lowest BCUT2D eigenvalue weighted by Gasteiger charge is -2.07. The van der Waals surface area contributed by atoms with Crippen molar-refractivity contribution in [1.29, 1.82) is 0 Å². The Hall–Kier alpha value is -1.56. The lowest BCUT2D eigenvalue weighted by molar-refractivity contribution is 0.190. The van der Waals surface area contributed by atoms with Gasteiger partial charge in [-0.2, -0.15) is 5.10 Å². The van der Waals surface area contributed by atoms with Gasteiger partial charge >= 0.3 is 0 Å². The van der Waals surface area contributed by atoms with Crippen molar-refractivity contribution in [2.75, 3.05) is 19.5 Å². The number of methoxy groups -OCH3 is 1. The van der Waals surface area contributed by atoms with Crippen LogP contribution in [0.25, 0.3) is 11.2 Å². The summed E-state index contributed by atoms with van der Waals surface area (Å²) < 4.78 is 9.01. The number of nitrogens with zero attached hydrogens (tertiary/aromatic N) is 4. The van der Waals surface area contributed by atoms with Crippen LogP contribution in [0.3, 0.4) is 0 Å². The zero-order valence-corrected chi connectivity index (χ0v) is 10.6. The number of anilines is 1. The molecule has 0 atom stereocenters. The van der Waals surface area contributed by atoms with Gasteiger partial charge in [0.2, 0.25) is 5.95 Å². The first-order valence-electron chi connectivity index (χ1n) is 5.87. The second-order valence-electron chi connectivity index (χ2n) is 4.04. The SMILES string of the molecule is CCn1nc(C)c2nc(N)n(CCCOC)c21. The first-order valence-corrected chi connectivity index (χ1v) is 5.87. The molecular weight excluding hydrogens is 218 g/mol. The zero-order chi connectivity index (χ0) is 12.4. The highest BCUT2D eigenvalue weighted by atomic mass is 16.5. The summed E-state index contributed by atoms with van der Waals surface area (Å²) in [7, 11) is 1.70. The molecule has 17 heavy (non-hydrogen) atoms. The van der Waals surface area contributed by atoms with E-state index in [1.54, 1.807) is 7.11 Å². The standard InChI is InChI=1S/C11H19N5O/c1-4-16-10-9(8(2)14-16)13-11(12)15(10)6-5-7-17-3/h4-7H2,1-3H3,(H2,12,13). The molecule has 2 N–H and O–H groups in total. The maximum absolute atomic E-state index is 5.94. The molecule has 0 amide bonds. The molecule has 0 saturated carbocycles. The van der Waals surface area contributed by atoms with Crippen molar-refractivity contribution in [3.63, 3.8) is 0 Å². The predicted octanol–water partition coefficient (Wildman–Crippen LogP) is 1.18. The maximum Gasteiger partial charge on any atom is 0.202 e. The van der Waals surface area contributed by atoms with Crippen LogP contribution in [0.5, 0.6) is 0 Å². The fraction of sp³-hybridized carbons (Fsp3) is 0.636. The van der Waals surface area contributed by atoms with E-state index in [0.717, 1.165) is 43.0 Å². The highest BCUT2D eigenvalue weighted by Crippen LogP contribution is 2.21. The van der Waals surface area contributed by atoms with Crippen LogP contribution >= 0.6 is 0 Å². The average Bonchev–Trinajstić information content (AvgIpc) is 2.79. The Morgan fingerprint density at radius 2 is 2.18 bits per heavy atom. The lowest BCUT2D eigenvalue weighted by Crippen LogP contribution is -2.09. The van der Waals surface area contributed by atoms with Crippen LogP contribution in [0.4, 0.5) is 5.95 Å². The van der Waals surface area contributed by atoms with Gasteiger partial charge in [-0.15, -0.1) is 0 Å². The monoisotopic (exact) mass is 237 g/mol. The smallest absolute Gasteiger partial charge is 0.202 e. The number of hydrogen-bond donors (Lipinski definition) is 1. The molecule has 6 heteroatoms. The third-order valence-electron chi connectivity index (χ3n) is 2.86. The summed E-state index contributed by atoms with van der Waals surface area (Å²) in [6.45, 7) is 6.37. The Morgan fingerprint density at radius 1 is 1.41 bits per heavy atom. The number of aryl methyl sites for hydroxylation is 3. The van der Waals surface area contributed by atoms with Gasteiger partial charge in [0.1, 0.15) is 5.52 Å². The van der Waals surface area contributed by atoms with Gasteiger partial charge in [-0.05, 0) is 20.3 Å². The van der Waals surface area contributed by atoms with E-state index >= 15 is 0 Å². The number of nitrogens with two attached hydrogens (primary N) is 1. The van der Waals surface area contributed by atoms with Crippen LogP contribution in [-0.4, -0.2) is 33.0 Å². The lowest BCUT2D eigenvalue weighted by atomic mass is 10.4. The molecule has 0 fully saturated rings. The van der Waals surface area contributed by atoms with Crippen molar-refractivity contribution in [2.45, 2.75) is 33.4 Å². The van der Waals surface area contributed by atoms with Crippen LogP contribution in [0.1, 0.15) is 19.0 Å². The Labute approximate surface area is 100 Å². The second kappa shape index (κ2) is 4.75. The second-order valence-corrected chi connectivity index (χ2v) is 4.04. The van der Waals surface area contributed by atoms with E-state index in [-0.39, 0.29) is 0 Å². The fourth-order valence-electron chi connectivity index (χ4n) is 2.05. The molecule has 0 spiro atoms. The van der Waals surface area contributed by atoms with Crippen LogP contribution in [0.15, 0.2) is 0 Å². The molecule has 0 radical (unpaired) electrons. The van der Waals surface area contributed by atoms with Crippen LogP contribution in [-0.2, 0) is 17.8 Å². The molecule has 0 bridgehead atoms. The number of ether oxygens (including phenoxy) is 1. The van der Waals surface area contributed by atoms with Crippen LogP contribution < -0.4 is 5.73 Å². The van der Waals surface area contributed by atoms with E-state index in [0.29, 0.717) is 5.95 Å². The van der Waals surface area contributed by atoms with Gasteiger partial charge in [-0.3, -0.25) is 4.57 Å². The normalized spacial score (nSPS) is 11.5. The first-order chi connectivity index (χ1) is 8.19. The summed E-state index contributed by atoms with van der Waals surface area (Å²) in [6.07, 6.45) is 0.917. The zero-order valence-electron chi connectivity index (χ0n) is 10.6. The average molecular weight is 237 g/mol.